The van der Waals surface area contributed by atoms with Crippen LogP contribution in [0.5, 0.6) is 5.75 Å². The van der Waals surface area contributed by atoms with Gasteiger partial charge in [0.25, 0.3) is 5.91 Å². The second kappa shape index (κ2) is 11.8. The number of ether oxygens (including phenoxy) is 1. The Morgan fingerprint density at radius 2 is 1.62 bits per heavy atom. The first kappa shape index (κ1) is 26.0. The van der Waals surface area contributed by atoms with E-state index in [2.05, 4.69) is 16.9 Å². The van der Waals surface area contributed by atoms with Crippen molar-refractivity contribution in [2.24, 2.45) is 0 Å². The summed E-state index contributed by atoms with van der Waals surface area (Å²) in [6.07, 6.45) is 3.39. The molecule has 7 nitrogen and oxygen atoms in total. The van der Waals surface area contributed by atoms with Gasteiger partial charge >= 0.3 is 0 Å². The molecule has 1 N–H and O–H groups in total. The Morgan fingerprint density at radius 1 is 1.00 bits per heavy atom. The lowest BCUT2D eigenvalue weighted by Crippen LogP contribution is -2.38. The zero-order chi connectivity index (χ0) is 26.4. The van der Waals surface area contributed by atoms with Crippen molar-refractivity contribution in [2.75, 3.05) is 25.5 Å². The lowest BCUT2D eigenvalue weighted by molar-refractivity contribution is -0.116. The second-order valence-electron chi connectivity index (χ2n) is 8.05. The average Bonchev–Trinajstić information content (AvgIpc) is 3.32. The summed E-state index contributed by atoms with van der Waals surface area (Å²) in [5.41, 5.74) is 2.66. The Balaban J connectivity index is 1.61. The van der Waals surface area contributed by atoms with Gasteiger partial charge in [-0.25, -0.2) is 4.98 Å². The predicted octanol–water partition coefficient (Wildman–Crippen LogP) is 6.12. The maximum Gasteiger partial charge on any atom is 0.254 e. The average molecular weight is 535 g/mol. The van der Waals surface area contributed by atoms with E-state index in [0.717, 1.165) is 11.3 Å². The summed E-state index contributed by atoms with van der Waals surface area (Å²) in [5, 5.41) is 3.98. The molecule has 0 bridgehead atoms. The summed E-state index contributed by atoms with van der Waals surface area (Å²) in [6.45, 7) is 3.71. The summed E-state index contributed by atoms with van der Waals surface area (Å²) in [5.74, 6) is 0.282. The third kappa shape index (κ3) is 6.39. The highest BCUT2D eigenvalue weighted by Crippen LogP contribution is 2.26. The standard InChI is InChI=1S/C28H24Cl2N4O3/c1-3-16-33(27(36)20-6-10-22(30)11-7-20)18-26(35)32-28-31-25(19-4-8-21(29)9-5-19)17-34(28)23-12-14-24(37-2)15-13-23/h3-15,17H,1,16,18H2,2H3,(H,31,32,35). The number of carbonyl (C=O) groups excluding carboxylic acids is 2. The molecule has 3 aromatic carbocycles. The van der Waals surface area contributed by atoms with Crippen molar-refractivity contribution in [2.45, 2.75) is 0 Å². The fraction of sp³-hybridized carbons (Fsp3) is 0.107. The highest BCUT2D eigenvalue weighted by molar-refractivity contribution is 6.31. The maximum atomic E-state index is 13.1. The van der Waals surface area contributed by atoms with Crippen molar-refractivity contribution in [3.05, 3.63) is 107 Å². The van der Waals surface area contributed by atoms with Gasteiger partial charge in [0.15, 0.2) is 0 Å². The normalized spacial score (nSPS) is 10.6. The monoisotopic (exact) mass is 534 g/mol. The molecule has 0 radical (unpaired) electrons. The number of carbonyl (C=O) groups is 2. The third-order valence-corrected chi connectivity index (χ3v) is 6.01. The lowest BCUT2D eigenvalue weighted by Gasteiger charge is -2.21. The smallest absolute Gasteiger partial charge is 0.254 e. The minimum atomic E-state index is -0.410. The van der Waals surface area contributed by atoms with Crippen molar-refractivity contribution >= 4 is 41.0 Å². The van der Waals surface area contributed by atoms with Crippen LogP contribution in [0, 0.1) is 0 Å². The van der Waals surface area contributed by atoms with Gasteiger partial charge in [-0.05, 0) is 60.7 Å². The summed E-state index contributed by atoms with van der Waals surface area (Å²) in [4.78, 5) is 32.2. The molecule has 0 aliphatic rings. The Hall–Kier alpha value is -4.07. The first-order valence-electron chi connectivity index (χ1n) is 11.3. The number of hydrogen-bond donors (Lipinski definition) is 1. The molecule has 1 aromatic heterocycles. The molecule has 9 heteroatoms. The molecule has 0 unspecified atom stereocenters. The largest absolute Gasteiger partial charge is 0.497 e. The van der Waals surface area contributed by atoms with E-state index < -0.39 is 5.91 Å². The maximum absolute atomic E-state index is 13.1. The van der Waals surface area contributed by atoms with Crippen LogP contribution in [0.4, 0.5) is 5.95 Å². The molecular weight excluding hydrogens is 511 g/mol. The van der Waals surface area contributed by atoms with Crippen LogP contribution in [0.2, 0.25) is 10.0 Å². The van der Waals surface area contributed by atoms with E-state index in [1.807, 2.05) is 42.6 Å². The van der Waals surface area contributed by atoms with Crippen LogP contribution in [-0.4, -0.2) is 46.5 Å². The third-order valence-electron chi connectivity index (χ3n) is 5.51. The number of anilines is 1. The minimum absolute atomic E-state index is 0.192. The van der Waals surface area contributed by atoms with Gasteiger partial charge in [-0.3, -0.25) is 19.5 Å². The molecule has 37 heavy (non-hydrogen) atoms. The van der Waals surface area contributed by atoms with Gasteiger partial charge in [0.05, 0.1) is 12.8 Å². The molecule has 1 heterocycles. The van der Waals surface area contributed by atoms with Gasteiger partial charge in [0.1, 0.15) is 12.3 Å². The molecule has 0 saturated carbocycles. The van der Waals surface area contributed by atoms with Gasteiger partial charge in [-0.1, -0.05) is 41.4 Å². The van der Waals surface area contributed by atoms with Crippen LogP contribution in [0.25, 0.3) is 16.9 Å². The van der Waals surface area contributed by atoms with E-state index in [9.17, 15) is 9.59 Å². The van der Waals surface area contributed by atoms with Crippen molar-refractivity contribution in [3.63, 3.8) is 0 Å². The predicted molar refractivity (Wildman–Crippen MR) is 147 cm³/mol. The fourth-order valence-electron chi connectivity index (χ4n) is 3.66. The number of benzene rings is 3. The highest BCUT2D eigenvalue weighted by Gasteiger charge is 2.20. The fourth-order valence-corrected chi connectivity index (χ4v) is 3.91. The number of amides is 2. The highest BCUT2D eigenvalue weighted by atomic mass is 35.5. The van der Waals surface area contributed by atoms with Crippen molar-refractivity contribution < 1.29 is 14.3 Å². The van der Waals surface area contributed by atoms with Crippen molar-refractivity contribution in [1.29, 1.82) is 0 Å². The molecule has 0 spiro atoms. The van der Waals surface area contributed by atoms with E-state index in [-0.39, 0.29) is 19.0 Å². The molecular formula is C28H24Cl2N4O3. The second-order valence-corrected chi connectivity index (χ2v) is 8.93. The molecule has 0 aliphatic heterocycles. The van der Waals surface area contributed by atoms with Crippen LogP contribution in [-0.2, 0) is 4.79 Å². The molecule has 2 amide bonds. The molecule has 0 fully saturated rings. The van der Waals surface area contributed by atoms with Gasteiger partial charge in [0.2, 0.25) is 11.9 Å². The summed E-state index contributed by atoms with van der Waals surface area (Å²) in [6, 6.07) is 21.1. The summed E-state index contributed by atoms with van der Waals surface area (Å²) < 4.78 is 7.02. The van der Waals surface area contributed by atoms with E-state index in [1.165, 1.54) is 4.90 Å². The van der Waals surface area contributed by atoms with Gasteiger partial charge in [0, 0.05) is 39.6 Å². The number of rotatable bonds is 9. The number of hydrogen-bond acceptors (Lipinski definition) is 4. The minimum Gasteiger partial charge on any atom is -0.497 e. The number of nitrogens with one attached hydrogen (secondary N) is 1. The number of methoxy groups -OCH3 is 1. The van der Waals surface area contributed by atoms with Gasteiger partial charge in [-0.15, -0.1) is 6.58 Å². The van der Waals surface area contributed by atoms with Crippen LogP contribution in [0.3, 0.4) is 0 Å². The Kier molecular flexibility index (Phi) is 8.28. The number of nitrogens with zero attached hydrogens (tertiary/aromatic N) is 3. The Bertz CT molecular complexity index is 1400. The summed E-state index contributed by atoms with van der Waals surface area (Å²) in [7, 11) is 1.59. The number of halogens is 2. The lowest BCUT2D eigenvalue weighted by atomic mass is 10.2. The molecule has 4 rings (SSSR count). The van der Waals surface area contributed by atoms with Crippen LogP contribution >= 0.6 is 23.2 Å². The molecule has 188 valence electrons. The first-order chi connectivity index (χ1) is 17.9. The van der Waals surface area contributed by atoms with Gasteiger partial charge < -0.3 is 9.64 Å². The van der Waals surface area contributed by atoms with Crippen molar-refractivity contribution in [1.82, 2.24) is 14.5 Å². The SMILES string of the molecule is C=CCN(CC(=O)Nc1nc(-c2ccc(Cl)cc2)cn1-c1ccc(OC)cc1)C(=O)c1ccc(Cl)cc1. The molecule has 0 aliphatic carbocycles. The van der Waals surface area contributed by atoms with Crippen LogP contribution in [0.1, 0.15) is 10.4 Å². The number of imidazole rings is 1. The summed E-state index contributed by atoms with van der Waals surface area (Å²) >= 11 is 12.0. The Labute approximate surface area is 224 Å². The first-order valence-corrected chi connectivity index (χ1v) is 12.1. The topological polar surface area (TPSA) is 76.5 Å². The van der Waals surface area contributed by atoms with Crippen LogP contribution < -0.4 is 10.1 Å². The van der Waals surface area contributed by atoms with Gasteiger partial charge in [-0.2, -0.15) is 0 Å². The quantitative estimate of drug-likeness (QED) is 0.262. The zero-order valence-corrected chi connectivity index (χ0v) is 21.5. The van der Waals surface area contributed by atoms with E-state index in [0.29, 0.717) is 33.0 Å². The molecule has 0 saturated heterocycles. The Morgan fingerprint density at radius 3 is 2.22 bits per heavy atom. The molecule has 4 aromatic rings. The van der Waals surface area contributed by atoms with Crippen molar-refractivity contribution in [3.8, 4) is 22.7 Å². The van der Waals surface area contributed by atoms with E-state index in [4.69, 9.17) is 27.9 Å². The molecule has 0 atom stereocenters. The van der Waals surface area contributed by atoms with E-state index >= 15 is 0 Å². The van der Waals surface area contributed by atoms with E-state index in [1.54, 1.807) is 54.2 Å². The zero-order valence-electron chi connectivity index (χ0n) is 20.0. The van der Waals surface area contributed by atoms with Crippen LogP contribution in [0.15, 0.2) is 91.6 Å². The number of aromatic nitrogens is 2.